The van der Waals surface area contributed by atoms with Gasteiger partial charge in [0.2, 0.25) is 5.91 Å². The number of nitrogens with two attached hydrogens (primary N) is 2. The van der Waals surface area contributed by atoms with Gasteiger partial charge in [-0.25, -0.2) is 0 Å². The molecule has 0 aliphatic heterocycles. The summed E-state index contributed by atoms with van der Waals surface area (Å²) in [4.78, 5) is 25.5. The molecule has 0 aromatic carbocycles. The molecular formula is C13H17N3O2S. The fourth-order valence-electron chi connectivity index (χ4n) is 1.47. The predicted octanol–water partition coefficient (Wildman–Crippen LogP) is 0.394. The standard InChI is InChI=1S/C13H17N3O2S/c1-9(2)16(7-12(15)17)13(18)10-6-11(19-8-10)4-3-5-14/h6,8-9H,5,7,14H2,1-2H3,(H2,15,17). The Morgan fingerprint density at radius 1 is 1.47 bits per heavy atom. The Hall–Kier alpha value is -1.84. The van der Waals surface area contributed by atoms with Crippen molar-refractivity contribution in [1.29, 1.82) is 0 Å². The SMILES string of the molecule is CC(C)N(CC(N)=O)C(=O)c1csc(C#CCN)c1. The second kappa shape index (κ2) is 6.92. The van der Waals surface area contributed by atoms with E-state index in [4.69, 9.17) is 11.5 Å². The zero-order valence-corrected chi connectivity index (χ0v) is 11.8. The van der Waals surface area contributed by atoms with E-state index >= 15 is 0 Å². The van der Waals surface area contributed by atoms with E-state index in [1.807, 2.05) is 13.8 Å². The van der Waals surface area contributed by atoms with Gasteiger partial charge in [0, 0.05) is 11.4 Å². The highest BCUT2D eigenvalue weighted by Gasteiger charge is 2.21. The minimum Gasteiger partial charge on any atom is -0.368 e. The molecule has 0 saturated carbocycles. The summed E-state index contributed by atoms with van der Waals surface area (Å²) in [6.07, 6.45) is 0. The van der Waals surface area contributed by atoms with Crippen molar-refractivity contribution >= 4 is 23.2 Å². The zero-order valence-electron chi connectivity index (χ0n) is 11.0. The Morgan fingerprint density at radius 2 is 2.16 bits per heavy atom. The molecular weight excluding hydrogens is 262 g/mol. The molecule has 4 N–H and O–H groups in total. The number of hydrogen-bond acceptors (Lipinski definition) is 4. The van der Waals surface area contributed by atoms with E-state index in [2.05, 4.69) is 11.8 Å². The molecule has 19 heavy (non-hydrogen) atoms. The van der Waals surface area contributed by atoms with Crippen molar-refractivity contribution in [3.05, 3.63) is 21.9 Å². The molecule has 1 rings (SSSR count). The molecule has 2 amide bonds. The lowest BCUT2D eigenvalue weighted by molar-refractivity contribution is -0.119. The highest BCUT2D eigenvalue weighted by atomic mass is 32.1. The lowest BCUT2D eigenvalue weighted by Gasteiger charge is -2.24. The van der Waals surface area contributed by atoms with Crippen LogP contribution in [0, 0.1) is 11.8 Å². The van der Waals surface area contributed by atoms with E-state index < -0.39 is 5.91 Å². The molecule has 102 valence electrons. The zero-order chi connectivity index (χ0) is 14.4. The summed E-state index contributed by atoms with van der Waals surface area (Å²) in [5, 5.41) is 1.72. The molecule has 0 saturated heterocycles. The third-order valence-electron chi connectivity index (χ3n) is 2.37. The second-order valence-corrected chi connectivity index (χ2v) is 5.11. The fraction of sp³-hybridized carbons (Fsp3) is 0.385. The molecule has 1 aromatic rings. The second-order valence-electron chi connectivity index (χ2n) is 4.20. The number of amides is 2. The molecule has 1 heterocycles. The number of rotatable bonds is 4. The van der Waals surface area contributed by atoms with Gasteiger partial charge in [0.25, 0.3) is 5.91 Å². The van der Waals surface area contributed by atoms with Crippen molar-refractivity contribution in [1.82, 2.24) is 4.90 Å². The van der Waals surface area contributed by atoms with Gasteiger partial charge in [-0.05, 0) is 19.9 Å². The molecule has 0 radical (unpaired) electrons. The quantitative estimate of drug-likeness (QED) is 0.781. The van der Waals surface area contributed by atoms with Gasteiger partial charge in [-0.2, -0.15) is 0 Å². The highest BCUT2D eigenvalue weighted by Crippen LogP contribution is 2.16. The molecule has 0 fully saturated rings. The summed E-state index contributed by atoms with van der Waals surface area (Å²) < 4.78 is 0. The van der Waals surface area contributed by atoms with Crippen LogP contribution in [0.2, 0.25) is 0 Å². The number of primary amides is 1. The lowest BCUT2D eigenvalue weighted by Crippen LogP contribution is -2.42. The highest BCUT2D eigenvalue weighted by molar-refractivity contribution is 7.10. The molecule has 0 atom stereocenters. The molecule has 6 heteroatoms. The number of carbonyl (C=O) groups is 2. The first-order valence-electron chi connectivity index (χ1n) is 5.82. The molecule has 5 nitrogen and oxygen atoms in total. The summed E-state index contributed by atoms with van der Waals surface area (Å²) >= 11 is 1.37. The van der Waals surface area contributed by atoms with Gasteiger partial charge in [0.15, 0.2) is 0 Å². The van der Waals surface area contributed by atoms with Gasteiger partial charge in [-0.1, -0.05) is 11.8 Å². The van der Waals surface area contributed by atoms with Crippen LogP contribution < -0.4 is 11.5 Å². The van der Waals surface area contributed by atoms with Crippen molar-refractivity contribution in [3.8, 4) is 11.8 Å². The fourth-order valence-corrected chi connectivity index (χ4v) is 2.22. The first kappa shape index (κ1) is 15.2. The Bertz CT molecular complexity index is 525. The van der Waals surface area contributed by atoms with Crippen LogP contribution in [-0.4, -0.2) is 35.8 Å². The minimum atomic E-state index is -0.527. The number of hydrogen-bond donors (Lipinski definition) is 2. The van der Waals surface area contributed by atoms with Crippen LogP contribution in [0.1, 0.15) is 29.1 Å². The maximum absolute atomic E-state index is 12.3. The van der Waals surface area contributed by atoms with Crippen molar-refractivity contribution < 1.29 is 9.59 Å². The Kier molecular flexibility index (Phi) is 5.55. The van der Waals surface area contributed by atoms with Crippen LogP contribution in [0.5, 0.6) is 0 Å². The Labute approximate surface area is 116 Å². The first-order valence-corrected chi connectivity index (χ1v) is 6.70. The van der Waals surface area contributed by atoms with Crippen LogP contribution >= 0.6 is 11.3 Å². The van der Waals surface area contributed by atoms with E-state index in [0.717, 1.165) is 4.88 Å². The third kappa shape index (κ3) is 4.39. The van der Waals surface area contributed by atoms with E-state index in [0.29, 0.717) is 5.56 Å². The van der Waals surface area contributed by atoms with Crippen LogP contribution in [0.15, 0.2) is 11.4 Å². The summed E-state index contributed by atoms with van der Waals surface area (Å²) in [6.45, 7) is 3.86. The van der Waals surface area contributed by atoms with E-state index in [-0.39, 0.29) is 25.0 Å². The lowest BCUT2D eigenvalue weighted by atomic mass is 10.2. The van der Waals surface area contributed by atoms with E-state index in [9.17, 15) is 9.59 Å². The monoisotopic (exact) mass is 279 g/mol. The van der Waals surface area contributed by atoms with Gasteiger partial charge >= 0.3 is 0 Å². The normalized spacial score (nSPS) is 9.89. The molecule has 0 aliphatic rings. The maximum atomic E-state index is 12.3. The number of carbonyl (C=O) groups excluding carboxylic acids is 2. The van der Waals surface area contributed by atoms with Crippen molar-refractivity contribution in [3.63, 3.8) is 0 Å². The molecule has 1 aromatic heterocycles. The van der Waals surface area contributed by atoms with Crippen LogP contribution in [0.25, 0.3) is 0 Å². The molecule has 0 unspecified atom stereocenters. The van der Waals surface area contributed by atoms with E-state index in [1.165, 1.54) is 16.2 Å². The van der Waals surface area contributed by atoms with E-state index in [1.54, 1.807) is 11.4 Å². The molecule has 0 aliphatic carbocycles. The maximum Gasteiger partial charge on any atom is 0.255 e. The first-order chi connectivity index (χ1) is 8.95. The summed E-state index contributed by atoms with van der Waals surface area (Å²) in [6, 6.07) is 1.60. The van der Waals surface area contributed by atoms with Crippen LogP contribution in [0.4, 0.5) is 0 Å². The van der Waals surface area contributed by atoms with Gasteiger partial charge in [0.05, 0.1) is 23.5 Å². The number of nitrogens with zero attached hydrogens (tertiary/aromatic N) is 1. The van der Waals surface area contributed by atoms with Crippen molar-refractivity contribution in [2.45, 2.75) is 19.9 Å². The van der Waals surface area contributed by atoms with Gasteiger partial charge in [0.1, 0.15) is 0 Å². The molecule has 0 spiro atoms. The van der Waals surface area contributed by atoms with Crippen LogP contribution in [0.3, 0.4) is 0 Å². The van der Waals surface area contributed by atoms with Crippen LogP contribution in [-0.2, 0) is 4.79 Å². The predicted molar refractivity (Wildman–Crippen MR) is 75.6 cm³/mol. The summed E-state index contributed by atoms with van der Waals surface area (Å²) in [7, 11) is 0. The Balaban J connectivity index is 2.90. The van der Waals surface area contributed by atoms with Gasteiger partial charge < -0.3 is 16.4 Å². The Morgan fingerprint density at radius 3 is 2.68 bits per heavy atom. The minimum absolute atomic E-state index is 0.0871. The summed E-state index contributed by atoms with van der Waals surface area (Å²) in [5.74, 6) is 4.86. The average Bonchev–Trinajstić information content (AvgIpc) is 2.80. The van der Waals surface area contributed by atoms with Crippen molar-refractivity contribution in [2.24, 2.45) is 11.5 Å². The third-order valence-corrected chi connectivity index (χ3v) is 3.22. The smallest absolute Gasteiger partial charge is 0.255 e. The largest absolute Gasteiger partial charge is 0.368 e. The van der Waals surface area contributed by atoms with Gasteiger partial charge in [-0.15, -0.1) is 11.3 Å². The average molecular weight is 279 g/mol. The van der Waals surface area contributed by atoms with Gasteiger partial charge in [-0.3, -0.25) is 9.59 Å². The summed E-state index contributed by atoms with van der Waals surface area (Å²) in [5.41, 5.74) is 11.0. The van der Waals surface area contributed by atoms with Crippen molar-refractivity contribution in [2.75, 3.05) is 13.1 Å². The number of thiophene rings is 1. The topological polar surface area (TPSA) is 89.4 Å². The molecule has 0 bridgehead atoms.